The van der Waals surface area contributed by atoms with Crippen LogP contribution in [0.25, 0.3) is 0 Å². The van der Waals surface area contributed by atoms with Crippen LogP contribution in [0.5, 0.6) is 17.2 Å². The molecular weight excluding hydrogens is 278 g/mol. The summed E-state index contributed by atoms with van der Waals surface area (Å²) in [7, 11) is 2.92. The summed E-state index contributed by atoms with van der Waals surface area (Å²) >= 11 is 3.00. The molecule has 0 spiro atoms. The molecule has 1 aromatic rings. The van der Waals surface area contributed by atoms with Crippen molar-refractivity contribution in [1.29, 1.82) is 0 Å². The van der Waals surface area contributed by atoms with Gasteiger partial charge in [0.05, 0.1) is 14.2 Å². The number of carbonyl (C=O) groups excluding carboxylic acids is 1. The molecule has 0 radical (unpaired) electrons. The number of hydrogen-bond donors (Lipinski definition) is 1. The molecule has 16 heavy (non-hydrogen) atoms. The van der Waals surface area contributed by atoms with Gasteiger partial charge in [-0.2, -0.15) is 0 Å². The van der Waals surface area contributed by atoms with Crippen molar-refractivity contribution in [2.24, 2.45) is 0 Å². The van der Waals surface area contributed by atoms with E-state index >= 15 is 0 Å². The van der Waals surface area contributed by atoms with E-state index in [2.05, 4.69) is 15.9 Å². The first-order valence-electron chi connectivity index (χ1n) is 4.40. The zero-order valence-electron chi connectivity index (χ0n) is 8.95. The van der Waals surface area contributed by atoms with Gasteiger partial charge in [-0.1, -0.05) is 15.9 Å². The van der Waals surface area contributed by atoms with Crippen molar-refractivity contribution in [2.45, 2.75) is 0 Å². The van der Waals surface area contributed by atoms with E-state index in [9.17, 15) is 4.79 Å². The average Bonchev–Trinajstić information content (AvgIpc) is 2.30. The second-order valence-electron chi connectivity index (χ2n) is 2.86. The van der Waals surface area contributed by atoms with Crippen molar-refractivity contribution >= 4 is 27.6 Å². The fraction of sp³-hybridized carbons (Fsp3) is 0.300. The van der Waals surface area contributed by atoms with Gasteiger partial charge in [0.25, 0.3) is 0 Å². The maximum Gasteiger partial charge on any atom is 0.322 e. The predicted molar refractivity (Wildman–Crippen MR) is 63.4 cm³/mol. The second-order valence-corrected chi connectivity index (χ2v) is 3.42. The number of rotatable bonds is 4. The Morgan fingerprint density at radius 2 is 1.81 bits per heavy atom. The van der Waals surface area contributed by atoms with E-state index in [1.807, 2.05) is 0 Å². The minimum atomic E-state index is -0.443. The predicted octanol–water partition coefficient (Wildman–Crippen LogP) is 1.59. The lowest BCUT2D eigenvalue weighted by atomic mass is 10.2. The number of carbonyl (C=O) groups is 1. The lowest BCUT2D eigenvalue weighted by molar-refractivity contribution is -0.131. The van der Waals surface area contributed by atoms with Crippen LogP contribution < -0.4 is 19.9 Å². The van der Waals surface area contributed by atoms with E-state index in [4.69, 9.17) is 19.9 Å². The molecule has 0 saturated carbocycles. The fourth-order valence-electron chi connectivity index (χ4n) is 1.14. The minimum absolute atomic E-state index is 0.0870. The van der Waals surface area contributed by atoms with Crippen LogP contribution in [-0.4, -0.2) is 25.5 Å². The first-order valence-corrected chi connectivity index (χ1v) is 5.52. The highest BCUT2D eigenvalue weighted by atomic mass is 79.9. The Morgan fingerprint density at radius 1 is 1.31 bits per heavy atom. The summed E-state index contributed by atoms with van der Waals surface area (Å²) in [5.74, 6) is 0.488. The van der Waals surface area contributed by atoms with Gasteiger partial charge in [0.1, 0.15) is 5.33 Å². The number of methoxy groups -OCH3 is 2. The zero-order valence-corrected chi connectivity index (χ0v) is 10.5. The van der Waals surface area contributed by atoms with Crippen molar-refractivity contribution in [3.05, 3.63) is 12.1 Å². The molecule has 0 aliphatic heterocycles. The van der Waals surface area contributed by atoms with E-state index < -0.39 is 5.97 Å². The Labute approximate surface area is 102 Å². The summed E-state index contributed by atoms with van der Waals surface area (Å²) in [5, 5.41) is 0.0870. The van der Waals surface area contributed by atoms with Crippen LogP contribution in [0.4, 0.5) is 5.69 Å². The summed E-state index contributed by atoms with van der Waals surface area (Å²) in [5.41, 5.74) is 6.10. The molecule has 0 aliphatic carbocycles. The maximum absolute atomic E-state index is 11.2. The van der Waals surface area contributed by atoms with Gasteiger partial charge in [0, 0.05) is 17.8 Å². The van der Waals surface area contributed by atoms with Gasteiger partial charge < -0.3 is 19.9 Å². The van der Waals surface area contributed by atoms with Crippen LogP contribution in [0.2, 0.25) is 0 Å². The number of hydrogen-bond acceptors (Lipinski definition) is 5. The van der Waals surface area contributed by atoms with Gasteiger partial charge in [0.15, 0.2) is 11.5 Å². The van der Waals surface area contributed by atoms with Gasteiger partial charge in [0.2, 0.25) is 5.75 Å². The first-order chi connectivity index (χ1) is 7.62. The van der Waals surface area contributed by atoms with E-state index in [-0.39, 0.29) is 11.1 Å². The third kappa shape index (κ3) is 2.79. The molecule has 0 unspecified atom stereocenters. The quantitative estimate of drug-likeness (QED) is 0.394. The summed E-state index contributed by atoms with van der Waals surface area (Å²) in [6.07, 6.45) is 0. The summed E-state index contributed by atoms with van der Waals surface area (Å²) < 4.78 is 15.2. The summed E-state index contributed by atoms with van der Waals surface area (Å²) in [6, 6.07) is 3.11. The Hall–Kier alpha value is -1.43. The number of ether oxygens (including phenoxy) is 3. The minimum Gasteiger partial charge on any atom is -0.493 e. The van der Waals surface area contributed by atoms with Crippen molar-refractivity contribution in [3.8, 4) is 17.2 Å². The molecule has 88 valence electrons. The molecule has 0 aliphatic rings. The molecule has 0 bridgehead atoms. The van der Waals surface area contributed by atoms with Gasteiger partial charge in [-0.25, -0.2) is 0 Å². The molecule has 0 fully saturated rings. The lowest BCUT2D eigenvalue weighted by Crippen LogP contribution is -2.10. The SMILES string of the molecule is COc1cc(N)cc(OC)c1OC(=O)CBr. The normalized spacial score (nSPS) is 9.69. The van der Waals surface area contributed by atoms with Crippen molar-refractivity contribution < 1.29 is 19.0 Å². The van der Waals surface area contributed by atoms with E-state index in [1.54, 1.807) is 12.1 Å². The Balaban J connectivity index is 3.16. The molecule has 0 atom stereocenters. The molecular formula is C10H12BrNO4. The molecule has 0 amide bonds. The standard InChI is InChI=1S/C10H12BrNO4/c1-14-7-3-6(12)4-8(15-2)10(7)16-9(13)5-11/h3-4H,5,12H2,1-2H3. The monoisotopic (exact) mass is 289 g/mol. The second kappa shape index (κ2) is 5.60. The topological polar surface area (TPSA) is 70.8 Å². The van der Waals surface area contributed by atoms with E-state index in [0.717, 1.165) is 0 Å². The molecule has 0 heterocycles. The number of anilines is 1. The van der Waals surface area contributed by atoms with Crippen LogP contribution in [0.3, 0.4) is 0 Å². The molecule has 6 heteroatoms. The number of nitrogens with two attached hydrogens (primary N) is 1. The number of halogens is 1. The Morgan fingerprint density at radius 3 is 2.19 bits per heavy atom. The van der Waals surface area contributed by atoms with Crippen molar-refractivity contribution in [3.63, 3.8) is 0 Å². The highest BCUT2D eigenvalue weighted by molar-refractivity contribution is 9.09. The highest BCUT2D eigenvalue weighted by Crippen LogP contribution is 2.39. The highest BCUT2D eigenvalue weighted by Gasteiger charge is 2.16. The first kappa shape index (κ1) is 12.6. The molecule has 1 aromatic carbocycles. The van der Waals surface area contributed by atoms with Gasteiger partial charge in [-0.15, -0.1) is 0 Å². The van der Waals surface area contributed by atoms with Gasteiger partial charge in [-0.05, 0) is 0 Å². The van der Waals surface area contributed by atoms with E-state index in [0.29, 0.717) is 17.2 Å². The largest absolute Gasteiger partial charge is 0.493 e. The van der Waals surface area contributed by atoms with Crippen LogP contribution >= 0.6 is 15.9 Å². The zero-order chi connectivity index (χ0) is 12.1. The van der Waals surface area contributed by atoms with Crippen LogP contribution in [0, 0.1) is 0 Å². The van der Waals surface area contributed by atoms with Gasteiger partial charge >= 0.3 is 5.97 Å². The fourth-order valence-corrected chi connectivity index (χ4v) is 1.26. The van der Waals surface area contributed by atoms with Crippen molar-refractivity contribution in [2.75, 3.05) is 25.3 Å². The lowest BCUT2D eigenvalue weighted by Gasteiger charge is -2.13. The smallest absolute Gasteiger partial charge is 0.322 e. The third-order valence-electron chi connectivity index (χ3n) is 1.81. The molecule has 0 saturated heterocycles. The van der Waals surface area contributed by atoms with Gasteiger partial charge in [-0.3, -0.25) is 4.79 Å². The Kier molecular flexibility index (Phi) is 4.42. The van der Waals surface area contributed by atoms with Crippen LogP contribution in [0.1, 0.15) is 0 Å². The number of esters is 1. The number of benzene rings is 1. The van der Waals surface area contributed by atoms with Crippen LogP contribution in [-0.2, 0) is 4.79 Å². The molecule has 1 rings (SSSR count). The summed E-state index contributed by atoms with van der Waals surface area (Å²) in [4.78, 5) is 11.2. The molecule has 2 N–H and O–H groups in total. The van der Waals surface area contributed by atoms with Crippen molar-refractivity contribution in [1.82, 2.24) is 0 Å². The number of nitrogen functional groups attached to an aromatic ring is 1. The number of alkyl halides is 1. The molecule has 0 aromatic heterocycles. The van der Waals surface area contributed by atoms with E-state index in [1.165, 1.54) is 14.2 Å². The molecule has 5 nitrogen and oxygen atoms in total. The average molecular weight is 290 g/mol. The third-order valence-corrected chi connectivity index (χ3v) is 2.27. The maximum atomic E-state index is 11.2. The summed E-state index contributed by atoms with van der Waals surface area (Å²) in [6.45, 7) is 0. The van der Waals surface area contributed by atoms with Crippen LogP contribution in [0.15, 0.2) is 12.1 Å². The Bertz CT molecular complexity index is 369.